The number of hydrogen-bond donors (Lipinski definition) is 1. The Morgan fingerprint density at radius 2 is 1.67 bits per heavy atom. The van der Waals surface area contributed by atoms with Crippen LogP contribution in [0.2, 0.25) is 0 Å². The van der Waals surface area contributed by atoms with Crippen LogP contribution in [0.1, 0.15) is 40.5 Å². The number of nitrogens with one attached hydrogen (secondary N) is 1. The van der Waals surface area contributed by atoms with E-state index in [1.807, 2.05) is 6.92 Å². The number of nitrogens with zero attached hydrogens (tertiary/aromatic N) is 1. The summed E-state index contributed by atoms with van der Waals surface area (Å²) in [6.07, 6.45) is 1.65. The van der Waals surface area contributed by atoms with Crippen molar-refractivity contribution in [2.24, 2.45) is 0 Å². The fourth-order valence-electron chi connectivity index (χ4n) is 2.13. The predicted molar refractivity (Wildman–Crippen MR) is 78.5 cm³/mol. The van der Waals surface area contributed by atoms with Gasteiger partial charge in [-0.15, -0.1) is 0 Å². The van der Waals surface area contributed by atoms with Gasteiger partial charge in [0.15, 0.2) is 0 Å². The van der Waals surface area contributed by atoms with Gasteiger partial charge in [-0.1, -0.05) is 25.5 Å². The second kappa shape index (κ2) is 6.36. The molecule has 1 N–H and O–H groups in total. The average Bonchev–Trinajstić information content (AvgIpc) is 2.70. The van der Waals surface area contributed by atoms with Crippen LogP contribution < -0.4 is 4.72 Å². The van der Waals surface area contributed by atoms with Crippen molar-refractivity contribution in [3.63, 3.8) is 0 Å². The van der Waals surface area contributed by atoms with Crippen molar-refractivity contribution in [1.29, 1.82) is 0 Å². The number of rotatable bonds is 7. The number of sulfonamides is 1. The monoisotopic (exact) mass is 310 g/mol. The number of amides is 2. The predicted octanol–water partition coefficient (Wildman–Crippen LogP) is 1.00. The first kappa shape index (κ1) is 15.7. The van der Waals surface area contributed by atoms with Crippen molar-refractivity contribution >= 4 is 21.8 Å². The quantitative estimate of drug-likeness (QED) is 0.601. The number of benzene rings is 1. The molecule has 0 aliphatic carbocycles. The Hall–Kier alpha value is -1.73. The van der Waals surface area contributed by atoms with E-state index in [0.29, 0.717) is 17.7 Å². The molecule has 0 bridgehead atoms. The molecule has 0 saturated carbocycles. The SMILES string of the molecule is CCCCNS(=O)(=O)CCN1C(=O)c2ccccc2C1=O. The van der Waals surface area contributed by atoms with E-state index in [0.717, 1.165) is 17.7 Å². The van der Waals surface area contributed by atoms with E-state index in [9.17, 15) is 18.0 Å². The van der Waals surface area contributed by atoms with Crippen LogP contribution in [0, 0.1) is 0 Å². The summed E-state index contributed by atoms with van der Waals surface area (Å²) in [7, 11) is -3.47. The minimum atomic E-state index is -3.47. The van der Waals surface area contributed by atoms with Gasteiger partial charge in [0.2, 0.25) is 10.0 Å². The Kier molecular flexibility index (Phi) is 4.74. The third-order valence-corrected chi connectivity index (χ3v) is 4.68. The molecular formula is C14H18N2O4S. The second-order valence-corrected chi connectivity index (χ2v) is 6.80. The lowest BCUT2D eigenvalue weighted by Crippen LogP contribution is -2.37. The van der Waals surface area contributed by atoms with Gasteiger partial charge in [-0.25, -0.2) is 13.1 Å². The average molecular weight is 310 g/mol. The first-order chi connectivity index (χ1) is 9.96. The molecule has 0 unspecified atom stereocenters. The van der Waals surface area contributed by atoms with Gasteiger partial charge in [-0.2, -0.15) is 0 Å². The molecule has 1 aromatic rings. The molecule has 0 fully saturated rings. The maximum atomic E-state index is 12.1. The van der Waals surface area contributed by atoms with Gasteiger partial charge in [-0.05, 0) is 18.6 Å². The van der Waals surface area contributed by atoms with Crippen LogP contribution in [0.5, 0.6) is 0 Å². The lowest BCUT2D eigenvalue weighted by atomic mass is 10.1. The Morgan fingerprint density at radius 3 is 2.19 bits per heavy atom. The van der Waals surface area contributed by atoms with Gasteiger partial charge >= 0.3 is 0 Å². The molecule has 1 aromatic carbocycles. The van der Waals surface area contributed by atoms with E-state index in [1.165, 1.54) is 0 Å². The van der Waals surface area contributed by atoms with E-state index < -0.39 is 21.8 Å². The summed E-state index contributed by atoms with van der Waals surface area (Å²) in [4.78, 5) is 25.1. The topological polar surface area (TPSA) is 83.6 Å². The summed E-state index contributed by atoms with van der Waals surface area (Å²) < 4.78 is 26.0. The van der Waals surface area contributed by atoms with E-state index >= 15 is 0 Å². The van der Waals surface area contributed by atoms with Crippen LogP contribution in [-0.2, 0) is 10.0 Å². The highest BCUT2D eigenvalue weighted by atomic mass is 32.2. The summed E-state index contributed by atoms with van der Waals surface area (Å²) in [5, 5.41) is 0. The Bertz CT molecular complexity index is 620. The van der Waals surface area contributed by atoms with Gasteiger partial charge in [0, 0.05) is 13.1 Å². The smallest absolute Gasteiger partial charge is 0.261 e. The normalized spacial score (nSPS) is 14.6. The van der Waals surface area contributed by atoms with Crippen LogP contribution in [0.3, 0.4) is 0 Å². The molecule has 21 heavy (non-hydrogen) atoms. The second-order valence-electron chi connectivity index (χ2n) is 4.87. The zero-order valence-corrected chi connectivity index (χ0v) is 12.6. The minimum absolute atomic E-state index is 0.131. The molecule has 0 spiro atoms. The first-order valence-electron chi connectivity index (χ1n) is 6.89. The number of carbonyl (C=O) groups excluding carboxylic acids is 2. The highest BCUT2D eigenvalue weighted by Crippen LogP contribution is 2.21. The van der Waals surface area contributed by atoms with Crippen LogP contribution in [0.4, 0.5) is 0 Å². The molecule has 6 nitrogen and oxygen atoms in total. The molecule has 0 atom stereocenters. The molecule has 1 heterocycles. The summed E-state index contributed by atoms with van der Waals surface area (Å²) in [6.45, 7) is 2.21. The highest BCUT2D eigenvalue weighted by Gasteiger charge is 2.35. The largest absolute Gasteiger partial charge is 0.273 e. The van der Waals surface area contributed by atoms with Crippen molar-refractivity contribution in [3.8, 4) is 0 Å². The van der Waals surface area contributed by atoms with E-state index in [-0.39, 0.29) is 12.3 Å². The molecule has 0 saturated heterocycles. The first-order valence-corrected chi connectivity index (χ1v) is 8.54. The number of imide groups is 1. The number of carbonyl (C=O) groups is 2. The standard InChI is InChI=1S/C14H18N2O4S/c1-2-3-8-15-21(19,20)10-9-16-13(17)11-6-4-5-7-12(11)14(16)18/h4-7,15H,2-3,8-10H2,1H3. The molecule has 7 heteroatoms. The van der Waals surface area contributed by atoms with Gasteiger partial charge in [0.05, 0.1) is 16.9 Å². The minimum Gasteiger partial charge on any atom is -0.273 e. The van der Waals surface area contributed by atoms with Crippen molar-refractivity contribution < 1.29 is 18.0 Å². The molecule has 0 aromatic heterocycles. The molecule has 2 amide bonds. The summed E-state index contributed by atoms with van der Waals surface area (Å²) in [5.41, 5.74) is 0.665. The van der Waals surface area contributed by atoms with Crippen molar-refractivity contribution in [1.82, 2.24) is 9.62 Å². The number of hydrogen-bond acceptors (Lipinski definition) is 4. The van der Waals surface area contributed by atoms with Crippen LogP contribution in [0.15, 0.2) is 24.3 Å². The highest BCUT2D eigenvalue weighted by molar-refractivity contribution is 7.89. The number of unbranched alkanes of at least 4 members (excludes halogenated alkanes) is 1. The Morgan fingerprint density at radius 1 is 1.10 bits per heavy atom. The maximum Gasteiger partial charge on any atom is 0.261 e. The van der Waals surface area contributed by atoms with Crippen molar-refractivity contribution in [2.75, 3.05) is 18.8 Å². The van der Waals surface area contributed by atoms with Crippen molar-refractivity contribution in [3.05, 3.63) is 35.4 Å². The van der Waals surface area contributed by atoms with E-state index in [2.05, 4.69) is 4.72 Å². The molecule has 2 rings (SSSR count). The molecule has 1 aliphatic heterocycles. The zero-order valence-electron chi connectivity index (χ0n) is 11.8. The van der Waals surface area contributed by atoms with Crippen LogP contribution >= 0.6 is 0 Å². The fraction of sp³-hybridized carbons (Fsp3) is 0.429. The van der Waals surface area contributed by atoms with Crippen molar-refractivity contribution in [2.45, 2.75) is 19.8 Å². The van der Waals surface area contributed by atoms with Gasteiger partial charge < -0.3 is 0 Å². The fourth-order valence-corrected chi connectivity index (χ4v) is 3.15. The maximum absolute atomic E-state index is 12.1. The number of fused-ring (bicyclic) bond motifs is 1. The summed E-state index contributed by atoms with van der Waals surface area (Å²) in [5.74, 6) is -1.14. The van der Waals surface area contributed by atoms with Gasteiger partial charge in [0.25, 0.3) is 11.8 Å². The van der Waals surface area contributed by atoms with Gasteiger partial charge in [0.1, 0.15) is 0 Å². The molecule has 114 valence electrons. The van der Waals surface area contributed by atoms with E-state index in [1.54, 1.807) is 24.3 Å². The third kappa shape index (κ3) is 3.48. The van der Waals surface area contributed by atoms with Gasteiger partial charge in [-0.3, -0.25) is 14.5 Å². The van der Waals surface area contributed by atoms with Crippen LogP contribution in [-0.4, -0.2) is 44.0 Å². The van der Waals surface area contributed by atoms with Crippen LogP contribution in [0.25, 0.3) is 0 Å². The molecular weight excluding hydrogens is 292 g/mol. The van der Waals surface area contributed by atoms with E-state index in [4.69, 9.17) is 0 Å². The molecule has 1 aliphatic rings. The molecule has 0 radical (unpaired) electrons. The third-order valence-electron chi connectivity index (χ3n) is 3.31. The lowest BCUT2D eigenvalue weighted by molar-refractivity contribution is 0.0664. The zero-order chi connectivity index (χ0) is 15.5. The Balaban J connectivity index is 1.99. The lowest BCUT2D eigenvalue weighted by Gasteiger charge is -2.14. The summed E-state index contributed by atoms with van der Waals surface area (Å²) in [6, 6.07) is 6.50. The Labute approximate surface area is 124 Å². The summed E-state index contributed by atoms with van der Waals surface area (Å²) >= 11 is 0.